The fourth-order valence-electron chi connectivity index (χ4n) is 3.23. The molecule has 0 spiro atoms. The molecule has 9 nitrogen and oxygen atoms in total. The minimum absolute atomic E-state index is 0.0540. The number of hydrogen-bond donors (Lipinski definition) is 2. The van der Waals surface area contributed by atoms with Crippen molar-refractivity contribution < 1.29 is 14.3 Å². The topological polar surface area (TPSA) is 120 Å². The van der Waals surface area contributed by atoms with E-state index in [4.69, 9.17) is 26.8 Å². The lowest BCUT2D eigenvalue weighted by molar-refractivity contribution is -0.120. The van der Waals surface area contributed by atoms with E-state index in [1.54, 1.807) is 18.2 Å². The SMILES string of the molecule is COCCn1c(N)c(N(Cc2ccccc2)C(=O)COc2ccc(Cl)c(C)c2)c(=O)[nH]c1=O. The van der Waals surface area contributed by atoms with Crippen LogP contribution in [-0.4, -0.2) is 35.8 Å². The van der Waals surface area contributed by atoms with Crippen molar-refractivity contribution >= 4 is 29.0 Å². The van der Waals surface area contributed by atoms with Crippen LogP contribution in [0.1, 0.15) is 11.1 Å². The number of benzene rings is 2. The van der Waals surface area contributed by atoms with Crippen molar-refractivity contribution in [3.63, 3.8) is 0 Å². The Bertz CT molecular complexity index is 1240. The number of ether oxygens (including phenoxy) is 2. The molecule has 0 fully saturated rings. The molecule has 0 aliphatic rings. The summed E-state index contributed by atoms with van der Waals surface area (Å²) in [5.74, 6) is -0.190. The van der Waals surface area contributed by atoms with Gasteiger partial charge in [0, 0.05) is 12.1 Å². The minimum Gasteiger partial charge on any atom is -0.484 e. The number of aromatic amines is 1. The van der Waals surface area contributed by atoms with E-state index in [-0.39, 0.29) is 37.8 Å². The lowest BCUT2D eigenvalue weighted by Gasteiger charge is -2.25. The van der Waals surface area contributed by atoms with E-state index in [0.29, 0.717) is 10.8 Å². The molecular weight excluding hydrogens is 448 g/mol. The zero-order valence-corrected chi connectivity index (χ0v) is 19.1. The number of aromatic nitrogens is 2. The van der Waals surface area contributed by atoms with Crippen LogP contribution in [0, 0.1) is 6.92 Å². The molecular formula is C23H25ClN4O5. The van der Waals surface area contributed by atoms with E-state index >= 15 is 0 Å². The monoisotopic (exact) mass is 472 g/mol. The summed E-state index contributed by atoms with van der Waals surface area (Å²) in [6, 6.07) is 14.1. The van der Waals surface area contributed by atoms with Gasteiger partial charge in [-0.05, 0) is 36.2 Å². The van der Waals surface area contributed by atoms with Gasteiger partial charge in [-0.25, -0.2) is 4.79 Å². The number of hydrogen-bond acceptors (Lipinski definition) is 6. The van der Waals surface area contributed by atoms with Gasteiger partial charge in [-0.1, -0.05) is 41.9 Å². The highest BCUT2D eigenvalue weighted by molar-refractivity contribution is 6.31. The molecule has 10 heteroatoms. The first-order valence-electron chi connectivity index (χ1n) is 10.2. The molecule has 0 aliphatic carbocycles. The second-order valence-corrected chi connectivity index (χ2v) is 7.71. The standard InChI is InChI=1S/C23H25ClN4O5/c1-15-12-17(8-9-18(15)24)33-14-19(29)28(13-16-6-4-3-5-7-16)20-21(25)27(10-11-32-2)23(31)26-22(20)30/h3-9,12H,10-11,13-14,25H2,1-2H3,(H,26,30,31). The Morgan fingerprint density at radius 3 is 2.58 bits per heavy atom. The second kappa shape index (κ2) is 10.8. The number of H-pyrrole nitrogens is 1. The third-order valence-corrected chi connectivity index (χ3v) is 5.40. The minimum atomic E-state index is -0.766. The van der Waals surface area contributed by atoms with Crippen molar-refractivity contribution in [3.05, 3.63) is 85.5 Å². The smallest absolute Gasteiger partial charge is 0.330 e. The van der Waals surface area contributed by atoms with E-state index in [1.807, 2.05) is 37.3 Å². The average molecular weight is 473 g/mol. The van der Waals surface area contributed by atoms with E-state index in [1.165, 1.54) is 12.0 Å². The van der Waals surface area contributed by atoms with Gasteiger partial charge in [-0.2, -0.15) is 0 Å². The van der Waals surface area contributed by atoms with Crippen LogP contribution in [-0.2, 0) is 22.6 Å². The Hall–Kier alpha value is -3.56. The predicted molar refractivity (Wildman–Crippen MR) is 127 cm³/mol. The number of rotatable bonds is 9. The molecule has 3 rings (SSSR count). The summed E-state index contributed by atoms with van der Waals surface area (Å²) >= 11 is 6.04. The predicted octanol–water partition coefficient (Wildman–Crippen LogP) is 2.34. The summed E-state index contributed by atoms with van der Waals surface area (Å²) in [5, 5.41) is 0.581. The van der Waals surface area contributed by atoms with Crippen LogP contribution in [0.4, 0.5) is 11.5 Å². The molecule has 0 saturated carbocycles. The quantitative estimate of drug-likeness (QED) is 0.493. The molecule has 3 N–H and O–H groups in total. The molecule has 174 valence electrons. The molecule has 0 aliphatic heterocycles. The van der Waals surface area contributed by atoms with Crippen molar-refractivity contribution in [2.45, 2.75) is 20.0 Å². The van der Waals surface area contributed by atoms with Crippen molar-refractivity contribution in [1.29, 1.82) is 0 Å². The number of nitrogens with one attached hydrogen (secondary N) is 1. The number of nitrogens with two attached hydrogens (primary N) is 1. The van der Waals surface area contributed by atoms with Crippen molar-refractivity contribution in [2.75, 3.05) is 31.0 Å². The number of nitrogen functional groups attached to an aromatic ring is 1. The van der Waals surface area contributed by atoms with E-state index in [2.05, 4.69) is 4.98 Å². The largest absolute Gasteiger partial charge is 0.484 e. The third kappa shape index (κ3) is 5.82. The number of carbonyl (C=O) groups is 1. The molecule has 0 unspecified atom stereocenters. The highest BCUT2D eigenvalue weighted by atomic mass is 35.5. The summed E-state index contributed by atoms with van der Waals surface area (Å²) in [7, 11) is 1.48. The van der Waals surface area contributed by atoms with E-state index in [9.17, 15) is 14.4 Å². The van der Waals surface area contributed by atoms with Crippen molar-refractivity contribution in [2.24, 2.45) is 0 Å². The van der Waals surface area contributed by atoms with Crippen LogP contribution in [0.15, 0.2) is 58.1 Å². The summed E-state index contributed by atoms with van der Waals surface area (Å²) < 4.78 is 11.8. The first-order valence-corrected chi connectivity index (χ1v) is 10.5. The number of methoxy groups -OCH3 is 1. The second-order valence-electron chi connectivity index (χ2n) is 7.30. The normalized spacial score (nSPS) is 10.8. The molecule has 0 atom stereocenters. The molecule has 0 radical (unpaired) electrons. The van der Waals surface area contributed by atoms with Gasteiger partial charge in [0.15, 0.2) is 12.3 Å². The lowest BCUT2D eigenvalue weighted by Crippen LogP contribution is -2.42. The molecule has 0 bridgehead atoms. The van der Waals surface area contributed by atoms with Crippen molar-refractivity contribution in [3.8, 4) is 5.75 Å². The zero-order valence-electron chi connectivity index (χ0n) is 18.3. The van der Waals surface area contributed by atoms with E-state index < -0.39 is 17.2 Å². The molecule has 1 amide bonds. The van der Waals surface area contributed by atoms with Crippen LogP contribution in [0.25, 0.3) is 0 Å². The van der Waals surface area contributed by atoms with Gasteiger partial charge in [0.2, 0.25) is 0 Å². The van der Waals surface area contributed by atoms with Crippen LogP contribution in [0.5, 0.6) is 5.75 Å². The Labute approximate surface area is 195 Å². The fraction of sp³-hybridized carbons (Fsp3) is 0.261. The average Bonchev–Trinajstić information content (AvgIpc) is 2.79. The number of aryl methyl sites for hydroxylation is 1. The van der Waals surface area contributed by atoms with Crippen LogP contribution in [0.3, 0.4) is 0 Å². The highest BCUT2D eigenvalue weighted by Gasteiger charge is 2.25. The Kier molecular flexibility index (Phi) is 7.92. The molecule has 1 aromatic heterocycles. The fourth-order valence-corrected chi connectivity index (χ4v) is 3.35. The number of amides is 1. The Morgan fingerprint density at radius 2 is 1.91 bits per heavy atom. The first-order chi connectivity index (χ1) is 15.8. The van der Waals surface area contributed by atoms with E-state index in [0.717, 1.165) is 15.7 Å². The molecule has 0 saturated heterocycles. The number of anilines is 2. The maximum Gasteiger partial charge on any atom is 0.330 e. The van der Waals surface area contributed by atoms with Gasteiger partial charge in [-0.15, -0.1) is 0 Å². The van der Waals surface area contributed by atoms with Crippen molar-refractivity contribution in [1.82, 2.24) is 9.55 Å². The number of nitrogens with zero attached hydrogens (tertiary/aromatic N) is 2. The summed E-state index contributed by atoms with van der Waals surface area (Å²) in [6.45, 7) is 1.82. The van der Waals surface area contributed by atoms with Gasteiger partial charge >= 0.3 is 5.69 Å². The van der Waals surface area contributed by atoms with Crippen LogP contribution >= 0.6 is 11.6 Å². The Balaban J connectivity index is 1.97. The summed E-state index contributed by atoms with van der Waals surface area (Å²) in [5.41, 5.74) is 6.19. The van der Waals surface area contributed by atoms with Gasteiger partial charge in [0.05, 0.1) is 19.7 Å². The number of carbonyl (C=O) groups excluding carboxylic acids is 1. The van der Waals surface area contributed by atoms with Crippen LogP contribution < -0.4 is 26.6 Å². The summed E-state index contributed by atoms with van der Waals surface area (Å²) in [4.78, 5) is 41.7. The number of halogens is 1. The van der Waals surface area contributed by atoms with Gasteiger partial charge in [0.25, 0.3) is 11.5 Å². The van der Waals surface area contributed by atoms with Gasteiger partial charge < -0.3 is 15.2 Å². The maximum atomic E-state index is 13.2. The van der Waals surface area contributed by atoms with Crippen LogP contribution in [0.2, 0.25) is 5.02 Å². The lowest BCUT2D eigenvalue weighted by atomic mass is 10.2. The first kappa shape index (κ1) is 24.1. The molecule has 2 aromatic carbocycles. The maximum absolute atomic E-state index is 13.2. The molecule has 3 aromatic rings. The Morgan fingerprint density at radius 1 is 1.18 bits per heavy atom. The van der Waals surface area contributed by atoms with Gasteiger partial charge in [0.1, 0.15) is 11.6 Å². The third-order valence-electron chi connectivity index (χ3n) is 4.98. The molecule has 33 heavy (non-hydrogen) atoms. The molecule has 1 heterocycles. The highest BCUT2D eigenvalue weighted by Crippen LogP contribution is 2.23. The summed E-state index contributed by atoms with van der Waals surface area (Å²) in [6.07, 6.45) is 0. The van der Waals surface area contributed by atoms with Gasteiger partial charge in [-0.3, -0.25) is 24.0 Å². The zero-order chi connectivity index (χ0) is 24.0.